The van der Waals surface area contributed by atoms with E-state index < -0.39 is 24.6 Å². The first-order valence-corrected chi connectivity index (χ1v) is 47.1. The van der Waals surface area contributed by atoms with Gasteiger partial charge in [0.15, 0.2) is 0 Å². The Morgan fingerprint density at radius 1 is 0.374 bits per heavy atom. The third kappa shape index (κ3) is 25.1. The van der Waals surface area contributed by atoms with E-state index >= 15 is 0 Å². The Labute approximate surface area is 841 Å². The van der Waals surface area contributed by atoms with Gasteiger partial charge in [0.25, 0.3) is 35.4 Å². The second-order valence-corrected chi connectivity index (χ2v) is 37.0. The topological polar surface area (TPSA) is 366 Å². The fourth-order valence-electron chi connectivity index (χ4n) is 17.6. The molecule has 6 amide bonds. The van der Waals surface area contributed by atoms with Gasteiger partial charge in [-0.1, -0.05) is 139 Å². The number of aryl methyl sites for hydroxylation is 2. The lowest BCUT2D eigenvalue weighted by atomic mass is 9.87. The van der Waals surface area contributed by atoms with Crippen LogP contribution in [0.3, 0.4) is 0 Å². The van der Waals surface area contributed by atoms with Crippen molar-refractivity contribution in [2.45, 2.75) is 119 Å². The molecule has 1 unspecified atom stereocenters. The largest absolute Gasteiger partial charge is 0.573 e. The number of alkyl halides is 9. The van der Waals surface area contributed by atoms with Crippen molar-refractivity contribution < 1.29 is 91.6 Å². The molecule has 10 aromatic carbocycles. The molecule has 8 aromatic heterocycles. The average Bonchev–Trinajstić information content (AvgIpc) is 1.63. The minimum Gasteiger partial charge on any atom is -0.406 e. The number of H-pyrrole nitrogens is 6. The maximum atomic E-state index is 13.2. The third-order valence-corrected chi connectivity index (χ3v) is 25.9. The van der Waals surface area contributed by atoms with Crippen molar-refractivity contribution in [2.24, 2.45) is 14.1 Å². The number of carbonyl (C=O) groups is 6. The first kappa shape index (κ1) is 102. The van der Waals surface area contributed by atoms with Crippen molar-refractivity contribution in [2.75, 3.05) is 13.2 Å². The molecule has 3 saturated carbocycles. The SMILES string of the molecule is CC(NC(=O)c1cc2cc(OC(F)(F)F)ccc2[nH]1)c1cnn(C)c1.C[C@@H](NC(=O)c1cc2cc(OC(F)(F)F)ccc2[nH]1)c1ccccc1.Cn1cc(C2(NC(=O)c3cc4cc(Cl)ccc4[nH]3)CCCC2)cn1.N#Cc1ccc2[nH]c(C(=O)NC3(c4ccc(F)cc4)COC3)cc2c1.O=C(NC1(c2ccccc2)CC1)c1cc2cc(Cl)ccc2[nH]1.O=C(NC1(c2ccccc2)CC1)c1cc2cc(OC(F)(F)F)ccc2[nH]1. The predicted octanol–water partition coefficient (Wildman–Crippen LogP) is 23.2. The number of ether oxygens (including phenoxy) is 4. The summed E-state index contributed by atoms with van der Waals surface area (Å²) < 4.78 is 144. The van der Waals surface area contributed by atoms with Gasteiger partial charge in [0.1, 0.15) is 62.8 Å². The van der Waals surface area contributed by atoms with Crippen molar-refractivity contribution in [3.63, 3.8) is 0 Å². The summed E-state index contributed by atoms with van der Waals surface area (Å²) in [4.78, 5) is 93.5. The molecular formula is C108H93Cl2F10N17O10. The summed E-state index contributed by atoms with van der Waals surface area (Å²) in [6.07, 6.45) is 0.794. The number of benzene rings is 10. The van der Waals surface area contributed by atoms with Crippen LogP contribution in [0.4, 0.5) is 43.9 Å². The lowest BCUT2D eigenvalue weighted by molar-refractivity contribution is -0.275. The number of aromatic amines is 6. The summed E-state index contributed by atoms with van der Waals surface area (Å²) in [5, 5.41) is 40.8. The highest BCUT2D eigenvalue weighted by atomic mass is 35.5. The van der Waals surface area contributed by atoms with Crippen LogP contribution >= 0.6 is 23.2 Å². The molecule has 1 aliphatic heterocycles. The van der Waals surface area contributed by atoms with E-state index in [1.807, 2.05) is 161 Å². The zero-order valence-corrected chi connectivity index (χ0v) is 80.2. The Balaban J connectivity index is 0.000000121. The number of nitrogens with zero attached hydrogens (tertiary/aromatic N) is 5. The first-order valence-electron chi connectivity index (χ1n) is 46.3. The number of halogens is 12. The third-order valence-electron chi connectivity index (χ3n) is 25.5. The molecule has 754 valence electrons. The van der Waals surface area contributed by atoms with E-state index in [1.54, 1.807) is 65.2 Å². The Morgan fingerprint density at radius 2 is 0.694 bits per heavy atom. The molecule has 2 atom stereocenters. The molecule has 22 rings (SSSR count). The van der Waals surface area contributed by atoms with Gasteiger partial charge in [-0.05, 0) is 232 Å². The molecule has 4 fully saturated rings. The van der Waals surface area contributed by atoms with E-state index in [0.29, 0.717) is 84.3 Å². The van der Waals surface area contributed by atoms with Crippen LogP contribution in [-0.4, -0.2) is 117 Å². The molecule has 18 aromatic rings. The summed E-state index contributed by atoms with van der Waals surface area (Å²) in [5.74, 6) is -2.76. The molecule has 27 nitrogen and oxygen atoms in total. The van der Waals surface area contributed by atoms with Crippen LogP contribution in [0.25, 0.3) is 65.4 Å². The van der Waals surface area contributed by atoms with Gasteiger partial charge in [0.2, 0.25) is 0 Å². The van der Waals surface area contributed by atoms with Crippen molar-refractivity contribution in [1.29, 1.82) is 5.26 Å². The van der Waals surface area contributed by atoms with Crippen LogP contribution in [0.1, 0.15) is 179 Å². The number of nitriles is 1. The highest BCUT2D eigenvalue weighted by Crippen LogP contribution is 2.48. The van der Waals surface area contributed by atoms with E-state index in [2.05, 4.69) is 104 Å². The number of nitrogens with one attached hydrogen (secondary N) is 12. The summed E-state index contributed by atoms with van der Waals surface area (Å²) in [6.45, 7) is 4.34. The Hall–Kier alpha value is -16.6. The minimum atomic E-state index is -4.76. The van der Waals surface area contributed by atoms with Crippen molar-refractivity contribution in [3.8, 4) is 23.3 Å². The van der Waals surface area contributed by atoms with Gasteiger partial charge in [-0.25, -0.2) is 4.39 Å². The highest BCUT2D eigenvalue weighted by molar-refractivity contribution is 6.31. The molecule has 0 bridgehead atoms. The molecule has 9 heterocycles. The van der Waals surface area contributed by atoms with Crippen molar-refractivity contribution in [1.82, 2.24) is 81.4 Å². The lowest BCUT2D eigenvalue weighted by Gasteiger charge is -2.42. The quantitative estimate of drug-likeness (QED) is 0.0298. The molecule has 0 spiro atoms. The van der Waals surface area contributed by atoms with E-state index in [9.17, 15) is 72.7 Å². The van der Waals surface area contributed by atoms with Crippen LogP contribution in [0.15, 0.2) is 286 Å². The summed E-state index contributed by atoms with van der Waals surface area (Å²) in [6, 6.07) is 74.8. The van der Waals surface area contributed by atoms with Gasteiger partial charge in [-0.3, -0.25) is 38.1 Å². The van der Waals surface area contributed by atoms with Crippen LogP contribution < -0.4 is 46.1 Å². The zero-order valence-electron chi connectivity index (χ0n) is 78.7. The standard InChI is InChI=1S/C19H15F3N2O2.C19H14FN3O2.C18H19ClN4O.C18H15ClN2O.C18H15F3N2O2.C16H15F3N4O2/c20-19(21,22)26-14-6-7-15-12(10-14)11-16(23-15)17(25)24-18(8-9-18)13-4-2-1-3-5-13;20-15-4-2-14(3-5-15)19(10-25-11-19)23-18(24)17-8-13-7-12(9-21)1-6-16(13)22-17;1-23-11-13(10-20-23)18(6-2-3-7-18)22-17(24)16-9-12-8-14(19)4-5-15(12)21-16;19-14-6-7-15-12(10-14)11-16(20-15)17(22)21-18(8-9-18)13-4-2-1-3-5-13;1-11(12-5-3-2-4-6-12)22-17(24)16-10-13-9-14(25-18(19,20)21)7-8-15(13)23-16;1-9(11-7-20-23(2)8-11)21-15(24)14-6-10-5-12(25-16(17,18)19)3-4-13(10)22-14/h1-7,10-11,23H,8-9H2,(H,24,25);1-8,22H,10-11H2,(H,23,24);4-5,8-11,21H,2-3,6-7H2,1H3,(H,22,24);1-7,10-11,20H,8-9H2,(H,21,22);2-11,23H,1H3,(H,22,24);3-9,22H,1-2H3,(H,21,24)/t;;;;11-;/m....1./s1. The van der Waals surface area contributed by atoms with Crippen molar-refractivity contribution in [3.05, 3.63) is 375 Å². The normalized spacial score (nSPS) is 14.8. The molecule has 3 aliphatic carbocycles. The number of rotatable bonds is 21. The van der Waals surface area contributed by atoms with Crippen LogP contribution in [0, 0.1) is 17.1 Å². The average molecular weight is 2050 g/mol. The van der Waals surface area contributed by atoms with E-state index in [-0.39, 0.29) is 98.6 Å². The number of carbonyl (C=O) groups excluding carboxylic acids is 6. The smallest absolute Gasteiger partial charge is 0.406 e. The fraction of sp³-hybridized carbons (Fsp3) is 0.213. The molecule has 0 radical (unpaired) electrons. The Morgan fingerprint density at radius 3 is 1.03 bits per heavy atom. The molecular weight excluding hydrogens is 1960 g/mol. The fourth-order valence-corrected chi connectivity index (χ4v) is 17.9. The summed E-state index contributed by atoms with van der Waals surface area (Å²) >= 11 is 12.0. The number of aromatic nitrogens is 10. The maximum Gasteiger partial charge on any atom is 0.573 e. The van der Waals surface area contributed by atoms with Gasteiger partial charge >= 0.3 is 19.1 Å². The predicted molar refractivity (Wildman–Crippen MR) is 533 cm³/mol. The van der Waals surface area contributed by atoms with Crippen LogP contribution in [0.2, 0.25) is 10.0 Å². The Kier molecular flexibility index (Phi) is 29.4. The van der Waals surface area contributed by atoms with Crippen LogP contribution in [-0.2, 0) is 41.0 Å². The summed E-state index contributed by atoms with van der Waals surface area (Å²) in [5.41, 5.74) is 11.5. The molecule has 1 saturated heterocycles. The van der Waals surface area contributed by atoms with Gasteiger partial charge in [0.05, 0.1) is 65.9 Å². The van der Waals surface area contributed by atoms with Gasteiger partial charge < -0.3 is 80.8 Å². The molecule has 4 aliphatic rings. The van der Waals surface area contributed by atoms with Crippen molar-refractivity contribution >= 4 is 124 Å². The van der Waals surface area contributed by atoms with E-state index in [0.717, 1.165) is 112 Å². The number of hydrogen-bond donors (Lipinski definition) is 12. The second-order valence-electron chi connectivity index (χ2n) is 36.1. The minimum absolute atomic E-state index is 0.0753. The van der Waals surface area contributed by atoms with Gasteiger partial charge in [-0.2, -0.15) is 15.5 Å². The van der Waals surface area contributed by atoms with Crippen LogP contribution in [0.5, 0.6) is 17.2 Å². The van der Waals surface area contributed by atoms with Gasteiger partial charge in [0, 0.05) is 113 Å². The van der Waals surface area contributed by atoms with E-state index in [4.69, 9.17) is 33.2 Å². The highest BCUT2D eigenvalue weighted by Gasteiger charge is 2.48. The van der Waals surface area contributed by atoms with E-state index in [1.165, 1.54) is 90.5 Å². The monoisotopic (exact) mass is 2050 g/mol. The number of hydrogen-bond acceptors (Lipinski definition) is 13. The maximum absolute atomic E-state index is 13.2. The first-order chi connectivity index (χ1) is 70.2. The molecule has 39 heteroatoms. The van der Waals surface area contributed by atoms with Gasteiger partial charge in [-0.15, -0.1) is 39.5 Å². The molecule has 12 N–H and O–H groups in total. The molecule has 147 heavy (non-hydrogen) atoms. The zero-order chi connectivity index (χ0) is 104. The lowest BCUT2D eigenvalue weighted by Crippen LogP contribution is -2.59. The summed E-state index contributed by atoms with van der Waals surface area (Å²) in [7, 11) is 3.67. The number of amides is 6. The number of fused-ring (bicyclic) bond motifs is 6. The second kappa shape index (κ2) is 42.4. The Bertz CT molecular complexity index is 7900.